The fourth-order valence-electron chi connectivity index (χ4n) is 1.96. The second kappa shape index (κ2) is 6.43. The lowest BCUT2D eigenvalue weighted by atomic mass is 10.2. The zero-order valence-electron chi connectivity index (χ0n) is 10.8. The molecule has 0 aliphatic carbocycles. The van der Waals surface area contributed by atoms with Gasteiger partial charge in [-0.25, -0.2) is 0 Å². The molecule has 108 valence electrons. The minimum Gasteiger partial charge on any atom is -0.368 e. The van der Waals surface area contributed by atoms with Gasteiger partial charge in [-0.1, -0.05) is 23.2 Å². The summed E-state index contributed by atoms with van der Waals surface area (Å²) in [6.07, 6.45) is 1.09. The lowest BCUT2D eigenvalue weighted by Gasteiger charge is -2.14. The van der Waals surface area contributed by atoms with E-state index in [4.69, 9.17) is 27.9 Å². The molecule has 1 aliphatic heterocycles. The van der Waals surface area contributed by atoms with Gasteiger partial charge in [-0.15, -0.1) is 0 Å². The number of rotatable bonds is 3. The molecule has 5 nitrogen and oxygen atoms in total. The maximum absolute atomic E-state index is 12.0. The van der Waals surface area contributed by atoms with Crippen molar-refractivity contribution in [3.63, 3.8) is 0 Å². The summed E-state index contributed by atoms with van der Waals surface area (Å²) in [5.74, 6) is -0.494. The van der Waals surface area contributed by atoms with Crippen LogP contribution in [0.2, 0.25) is 10.0 Å². The fourth-order valence-corrected chi connectivity index (χ4v) is 2.54. The smallest absolute Gasteiger partial charge is 0.253 e. The van der Waals surface area contributed by atoms with Gasteiger partial charge in [-0.2, -0.15) is 0 Å². The van der Waals surface area contributed by atoms with Crippen molar-refractivity contribution in [3.8, 4) is 0 Å². The lowest BCUT2D eigenvalue weighted by molar-refractivity contribution is -0.124. The summed E-state index contributed by atoms with van der Waals surface area (Å²) in [5.41, 5.74) is 0.797. The molecule has 1 fully saturated rings. The Kier molecular flexibility index (Phi) is 4.86. The number of hydrogen-bond donors (Lipinski definition) is 2. The number of amides is 2. The molecular formula is C13H14Cl2N2O3. The normalized spacial score (nSPS) is 17.9. The molecule has 1 aromatic carbocycles. The molecule has 1 atom stereocenters. The fraction of sp³-hybridized carbons (Fsp3) is 0.385. The molecule has 1 saturated heterocycles. The third kappa shape index (κ3) is 3.62. The summed E-state index contributed by atoms with van der Waals surface area (Å²) in [4.78, 5) is 22.9. The average Bonchev–Trinajstić information content (AvgIpc) is 2.86. The Morgan fingerprint density at radius 3 is 2.40 bits per heavy atom. The van der Waals surface area contributed by atoms with Crippen molar-refractivity contribution >= 4 is 46.4 Å². The molecule has 0 saturated carbocycles. The van der Waals surface area contributed by atoms with Crippen LogP contribution in [0.5, 0.6) is 0 Å². The Morgan fingerprint density at radius 2 is 1.90 bits per heavy atom. The van der Waals surface area contributed by atoms with Crippen molar-refractivity contribution in [2.45, 2.75) is 25.9 Å². The predicted octanol–water partition coefficient (Wildman–Crippen LogP) is 3.07. The van der Waals surface area contributed by atoms with Gasteiger partial charge in [0.05, 0.1) is 15.7 Å². The zero-order valence-corrected chi connectivity index (χ0v) is 12.3. The molecule has 7 heteroatoms. The Morgan fingerprint density at radius 1 is 1.25 bits per heavy atom. The first-order valence-electron chi connectivity index (χ1n) is 6.16. The van der Waals surface area contributed by atoms with Crippen LogP contribution in [0.25, 0.3) is 0 Å². The van der Waals surface area contributed by atoms with Crippen LogP contribution < -0.4 is 10.6 Å². The largest absolute Gasteiger partial charge is 0.368 e. The van der Waals surface area contributed by atoms with E-state index in [1.165, 1.54) is 19.1 Å². The number of anilines is 2. The Balaban J connectivity index is 2.15. The minimum absolute atomic E-state index is 0.228. The maximum Gasteiger partial charge on any atom is 0.253 e. The van der Waals surface area contributed by atoms with E-state index < -0.39 is 6.10 Å². The lowest BCUT2D eigenvalue weighted by Crippen LogP contribution is -2.27. The van der Waals surface area contributed by atoms with Crippen LogP contribution in [0.3, 0.4) is 0 Å². The molecule has 1 heterocycles. The van der Waals surface area contributed by atoms with Crippen LogP contribution in [-0.2, 0) is 14.3 Å². The summed E-state index contributed by atoms with van der Waals surface area (Å²) < 4.78 is 5.29. The van der Waals surface area contributed by atoms with Crippen molar-refractivity contribution in [2.75, 3.05) is 17.2 Å². The van der Waals surface area contributed by atoms with Gasteiger partial charge in [0.15, 0.2) is 0 Å². The molecule has 0 unspecified atom stereocenters. The summed E-state index contributed by atoms with van der Waals surface area (Å²) in [6, 6.07) is 3.06. The number of benzene rings is 1. The highest BCUT2D eigenvalue weighted by Gasteiger charge is 2.24. The predicted molar refractivity (Wildman–Crippen MR) is 78.4 cm³/mol. The molecule has 0 aromatic heterocycles. The van der Waals surface area contributed by atoms with E-state index in [2.05, 4.69) is 10.6 Å². The van der Waals surface area contributed by atoms with E-state index in [1.807, 2.05) is 0 Å². The van der Waals surface area contributed by atoms with Gasteiger partial charge in [0.25, 0.3) is 5.91 Å². The first-order chi connectivity index (χ1) is 9.47. The molecule has 1 aliphatic rings. The van der Waals surface area contributed by atoms with Crippen LogP contribution >= 0.6 is 23.2 Å². The van der Waals surface area contributed by atoms with Gasteiger partial charge >= 0.3 is 0 Å². The van der Waals surface area contributed by atoms with Crippen molar-refractivity contribution in [3.05, 3.63) is 22.2 Å². The van der Waals surface area contributed by atoms with Crippen molar-refractivity contribution in [1.82, 2.24) is 0 Å². The molecule has 0 spiro atoms. The Bertz CT molecular complexity index is 519. The van der Waals surface area contributed by atoms with E-state index in [0.717, 1.165) is 6.42 Å². The number of nitrogens with one attached hydrogen (secondary N) is 2. The summed E-state index contributed by atoms with van der Waals surface area (Å²) in [7, 11) is 0. The second-order valence-electron chi connectivity index (χ2n) is 4.49. The quantitative estimate of drug-likeness (QED) is 0.900. The molecule has 1 aromatic rings. The molecule has 2 rings (SSSR count). The maximum atomic E-state index is 12.0. The molecule has 2 N–H and O–H groups in total. The van der Waals surface area contributed by atoms with Gasteiger partial charge < -0.3 is 15.4 Å². The standard InChI is InChI=1S/C13H14Cl2N2O3/c1-7(18)16-8-5-9(14)12(10(15)6-8)17-13(19)11-3-2-4-20-11/h5-6,11H,2-4H2,1H3,(H,16,18)(H,17,19)/t11-/m1/s1. The number of carbonyl (C=O) groups excluding carboxylic acids is 2. The number of halogens is 2. The van der Waals surface area contributed by atoms with Gasteiger partial charge in [0.2, 0.25) is 5.91 Å². The van der Waals surface area contributed by atoms with E-state index >= 15 is 0 Å². The zero-order chi connectivity index (χ0) is 14.7. The average molecular weight is 317 g/mol. The van der Waals surface area contributed by atoms with E-state index in [9.17, 15) is 9.59 Å². The highest BCUT2D eigenvalue weighted by molar-refractivity contribution is 6.40. The van der Waals surface area contributed by atoms with Crippen LogP contribution in [0.1, 0.15) is 19.8 Å². The Labute approximate surface area is 126 Å². The van der Waals surface area contributed by atoms with E-state index in [0.29, 0.717) is 24.4 Å². The van der Waals surface area contributed by atoms with Crippen LogP contribution in [-0.4, -0.2) is 24.5 Å². The monoisotopic (exact) mass is 316 g/mol. The third-order valence-corrected chi connectivity index (χ3v) is 3.43. The van der Waals surface area contributed by atoms with Gasteiger partial charge in [0.1, 0.15) is 6.10 Å². The summed E-state index contributed by atoms with van der Waals surface area (Å²) in [6.45, 7) is 1.97. The SMILES string of the molecule is CC(=O)Nc1cc(Cl)c(NC(=O)[C@H]2CCCO2)c(Cl)c1. The molecule has 20 heavy (non-hydrogen) atoms. The van der Waals surface area contributed by atoms with Crippen LogP contribution in [0.4, 0.5) is 11.4 Å². The molecule has 0 bridgehead atoms. The van der Waals surface area contributed by atoms with E-state index in [1.54, 1.807) is 0 Å². The van der Waals surface area contributed by atoms with Crippen molar-refractivity contribution < 1.29 is 14.3 Å². The van der Waals surface area contributed by atoms with Crippen molar-refractivity contribution in [2.24, 2.45) is 0 Å². The third-order valence-electron chi connectivity index (χ3n) is 2.83. The Hall–Kier alpha value is -1.30. The van der Waals surface area contributed by atoms with Gasteiger partial charge in [-0.3, -0.25) is 9.59 Å². The number of hydrogen-bond acceptors (Lipinski definition) is 3. The van der Waals surface area contributed by atoms with Crippen molar-refractivity contribution in [1.29, 1.82) is 0 Å². The van der Waals surface area contributed by atoms with Crippen LogP contribution in [0, 0.1) is 0 Å². The molecule has 2 amide bonds. The number of ether oxygens (including phenoxy) is 1. The summed E-state index contributed by atoms with van der Waals surface area (Å²) in [5, 5.41) is 5.75. The second-order valence-corrected chi connectivity index (χ2v) is 5.30. The molecular weight excluding hydrogens is 303 g/mol. The summed E-state index contributed by atoms with van der Waals surface area (Å²) >= 11 is 12.2. The molecule has 0 radical (unpaired) electrons. The van der Waals surface area contributed by atoms with Crippen LogP contribution in [0.15, 0.2) is 12.1 Å². The number of carbonyl (C=O) groups is 2. The first kappa shape index (κ1) is 15.1. The highest BCUT2D eigenvalue weighted by atomic mass is 35.5. The highest BCUT2D eigenvalue weighted by Crippen LogP contribution is 2.34. The van der Waals surface area contributed by atoms with Gasteiger partial charge in [0, 0.05) is 19.2 Å². The van der Waals surface area contributed by atoms with Gasteiger partial charge in [-0.05, 0) is 25.0 Å². The topological polar surface area (TPSA) is 67.4 Å². The minimum atomic E-state index is -0.461. The first-order valence-corrected chi connectivity index (χ1v) is 6.92. The van der Waals surface area contributed by atoms with E-state index in [-0.39, 0.29) is 21.9 Å².